The van der Waals surface area contributed by atoms with Gasteiger partial charge in [-0.2, -0.15) is 0 Å². The Hall–Kier alpha value is -4.97. The van der Waals surface area contributed by atoms with E-state index in [0.29, 0.717) is 29.2 Å². The number of hydrogen-bond donors (Lipinski definition) is 3. The third kappa shape index (κ3) is 6.05. The Morgan fingerprint density at radius 1 is 1.11 bits per heavy atom. The Bertz CT molecular complexity index is 1750. The van der Waals surface area contributed by atoms with E-state index in [1.54, 1.807) is 24.1 Å². The minimum atomic E-state index is -0.955. The van der Waals surface area contributed by atoms with Crippen LogP contribution in [-0.4, -0.2) is 47.0 Å². The largest absolute Gasteiger partial charge is 0.465 e. The minimum Gasteiger partial charge on any atom is -0.465 e. The number of hydrogen-bond acceptors (Lipinski definition) is 7. The number of rotatable bonds is 10. The summed E-state index contributed by atoms with van der Waals surface area (Å²) in [6.45, 7) is 1.76. The van der Waals surface area contributed by atoms with E-state index in [0.717, 1.165) is 35.4 Å². The molecule has 3 atom stereocenters. The van der Waals surface area contributed by atoms with Gasteiger partial charge in [-0.05, 0) is 84.7 Å². The van der Waals surface area contributed by atoms with Crippen molar-refractivity contribution < 1.29 is 32.3 Å². The summed E-state index contributed by atoms with van der Waals surface area (Å²) in [6.07, 6.45) is 5.11. The fourth-order valence-corrected chi connectivity index (χ4v) is 6.26. The average Bonchev–Trinajstić information content (AvgIpc) is 3.35. The Kier molecular flexibility index (Phi) is 8.15. The lowest BCUT2D eigenvalue weighted by Crippen LogP contribution is -2.47. The lowest BCUT2D eigenvalue weighted by atomic mass is 9.72. The number of amides is 2. The molecule has 7 rings (SSSR count). The molecule has 1 aromatic heterocycles. The predicted molar refractivity (Wildman–Crippen MR) is 157 cm³/mol. The van der Waals surface area contributed by atoms with E-state index in [-0.39, 0.29) is 30.7 Å². The summed E-state index contributed by atoms with van der Waals surface area (Å²) in [5.74, 6) is -3.84. The number of benzene rings is 2. The van der Waals surface area contributed by atoms with Crippen LogP contribution in [0.5, 0.6) is 0 Å². The summed E-state index contributed by atoms with van der Waals surface area (Å²) in [5.41, 5.74) is 12.3. The van der Waals surface area contributed by atoms with Gasteiger partial charge in [-0.1, -0.05) is 18.2 Å². The van der Waals surface area contributed by atoms with E-state index in [2.05, 4.69) is 21.8 Å². The highest BCUT2D eigenvalue weighted by atomic mass is 19.1. The van der Waals surface area contributed by atoms with E-state index in [9.17, 15) is 27.6 Å². The van der Waals surface area contributed by atoms with Crippen molar-refractivity contribution in [2.24, 2.45) is 11.7 Å². The number of nitrogens with one attached hydrogen (secondary N) is 2. The van der Waals surface area contributed by atoms with E-state index < -0.39 is 47.3 Å². The number of halogens is 3. The number of nitrogens with zero attached hydrogens (tertiary/aromatic N) is 2. The van der Waals surface area contributed by atoms with Gasteiger partial charge in [-0.25, -0.2) is 23.4 Å². The zero-order valence-electron chi connectivity index (χ0n) is 24.3. The van der Waals surface area contributed by atoms with E-state index in [4.69, 9.17) is 10.5 Å². The first-order valence-electron chi connectivity index (χ1n) is 14.5. The summed E-state index contributed by atoms with van der Waals surface area (Å²) in [5, 5.41) is 4.59. The van der Waals surface area contributed by atoms with Crippen molar-refractivity contribution in [2.75, 3.05) is 13.2 Å². The summed E-state index contributed by atoms with van der Waals surface area (Å²) in [6, 6.07) is 8.62. The molecular formula is C33H30F3N5O4. The van der Waals surface area contributed by atoms with Gasteiger partial charge in [0.1, 0.15) is 30.0 Å². The third-order valence-corrected chi connectivity index (χ3v) is 8.15. The van der Waals surface area contributed by atoms with Crippen LogP contribution in [0.25, 0.3) is 11.1 Å². The number of ether oxygens (including phenoxy) is 1. The van der Waals surface area contributed by atoms with Gasteiger partial charge < -0.3 is 15.8 Å². The SMILES string of the molecule is CCOC(=O)[C@H]1NN(CC(=O)N[C@@H](Cc2cc(F)cc(F)c2)c2ncccc2-c2ccc(F)c(C(N)=O)c2)C2=C1C[C@H]1C=C2C1. The van der Waals surface area contributed by atoms with Gasteiger partial charge in [0.05, 0.1) is 29.6 Å². The Morgan fingerprint density at radius 3 is 2.58 bits per heavy atom. The molecule has 2 heterocycles. The van der Waals surface area contributed by atoms with Crippen LogP contribution in [0.2, 0.25) is 0 Å². The Balaban J connectivity index is 1.32. The van der Waals surface area contributed by atoms with Crippen LogP contribution in [0.4, 0.5) is 13.2 Å². The number of pyridine rings is 1. The van der Waals surface area contributed by atoms with Crippen LogP contribution in [0.15, 0.2) is 77.6 Å². The highest BCUT2D eigenvalue weighted by Gasteiger charge is 2.45. The minimum absolute atomic E-state index is 0.0477. The smallest absolute Gasteiger partial charge is 0.329 e. The summed E-state index contributed by atoms with van der Waals surface area (Å²) < 4.78 is 47.9. The Morgan fingerprint density at radius 2 is 1.87 bits per heavy atom. The third-order valence-electron chi connectivity index (χ3n) is 8.15. The molecule has 9 nitrogen and oxygen atoms in total. The monoisotopic (exact) mass is 617 g/mol. The van der Waals surface area contributed by atoms with Crippen molar-refractivity contribution in [1.82, 2.24) is 20.7 Å². The highest BCUT2D eigenvalue weighted by molar-refractivity contribution is 5.94. The van der Waals surface area contributed by atoms with E-state index in [1.807, 2.05) is 0 Å². The molecule has 0 saturated heterocycles. The fraction of sp³-hybridized carbons (Fsp3) is 0.273. The maximum atomic E-state index is 14.3. The summed E-state index contributed by atoms with van der Waals surface area (Å²) in [7, 11) is 0. The molecule has 2 amide bonds. The zero-order valence-corrected chi connectivity index (χ0v) is 24.3. The van der Waals surface area contributed by atoms with Crippen LogP contribution in [0.1, 0.15) is 47.4 Å². The molecule has 0 saturated carbocycles. The first kappa shape index (κ1) is 30.1. The van der Waals surface area contributed by atoms with Crippen molar-refractivity contribution in [3.63, 3.8) is 0 Å². The molecule has 1 aliphatic heterocycles. The average molecular weight is 618 g/mol. The molecule has 2 bridgehead atoms. The molecule has 45 heavy (non-hydrogen) atoms. The highest BCUT2D eigenvalue weighted by Crippen LogP contribution is 2.47. The Labute approximate surface area is 256 Å². The van der Waals surface area contributed by atoms with E-state index >= 15 is 0 Å². The molecule has 0 fully saturated rings. The molecule has 3 aliphatic carbocycles. The van der Waals surface area contributed by atoms with Gasteiger partial charge in [-0.15, -0.1) is 0 Å². The topological polar surface area (TPSA) is 127 Å². The number of aromatic nitrogens is 1. The molecule has 232 valence electrons. The van der Waals surface area contributed by atoms with Crippen molar-refractivity contribution in [2.45, 2.75) is 38.3 Å². The number of hydrazine groups is 1. The van der Waals surface area contributed by atoms with Gasteiger partial charge in [0.15, 0.2) is 0 Å². The number of primary amides is 1. The molecule has 3 aromatic rings. The first-order chi connectivity index (χ1) is 21.6. The maximum Gasteiger partial charge on any atom is 0.329 e. The molecule has 4 N–H and O–H groups in total. The van der Waals surface area contributed by atoms with Crippen LogP contribution in [0.3, 0.4) is 0 Å². The van der Waals surface area contributed by atoms with Gasteiger partial charge >= 0.3 is 5.97 Å². The molecule has 4 aliphatic rings. The van der Waals surface area contributed by atoms with Crippen molar-refractivity contribution in [1.29, 1.82) is 0 Å². The van der Waals surface area contributed by atoms with Gasteiger partial charge in [0.2, 0.25) is 5.91 Å². The van der Waals surface area contributed by atoms with Crippen molar-refractivity contribution in [3.05, 3.63) is 112 Å². The van der Waals surface area contributed by atoms with Gasteiger partial charge in [-0.3, -0.25) is 19.6 Å². The molecule has 2 aromatic carbocycles. The molecule has 12 heteroatoms. The fourth-order valence-electron chi connectivity index (χ4n) is 6.26. The summed E-state index contributed by atoms with van der Waals surface area (Å²) in [4.78, 5) is 42.8. The van der Waals surface area contributed by atoms with Crippen LogP contribution in [0, 0.1) is 23.4 Å². The number of esters is 1. The predicted octanol–water partition coefficient (Wildman–Crippen LogP) is 4.02. The normalized spacial score (nSPS) is 18.9. The lowest BCUT2D eigenvalue weighted by Gasteiger charge is -2.35. The van der Waals surface area contributed by atoms with Crippen LogP contribution >= 0.6 is 0 Å². The van der Waals surface area contributed by atoms with Crippen molar-refractivity contribution in [3.8, 4) is 11.1 Å². The van der Waals surface area contributed by atoms with Gasteiger partial charge in [0.25, 0.3) is 5.91 Å². The first-order valence-corrected chi connectivity index (χ1v) is 14.5. The second-order valence-electron chi connectivity index (χ2n) is 11.2. The standard InChI is InChI=1S/C33H30F3N5O4/c1-2-45-33(44)30-25-12-17-8-20(9-17)31(25)41(40-30)16-28(42)39-27(13-18-10-21(34)15-22(35)11-18)29-23(4-3-7-38-29)19-5-6-26(36)24(14-19)32(37)43/h3-8,10-11,14-15,17,27,30,40H,2,9,12-13,16H2,1H3,(H2,37,43)(H,39,42)/t17-,27-,30-/m0/s1. The molecule has 0 spiro atoms. The quantitative estimate of drug-likeness (QED) is 0.294. The second-order valence-corrected chi connectivity index (χ2v) is 11.2. The number of nitrogens with two attached hydrogens (primary N) is 1. The molecular weight excluding hydrogens is 587 g/mol. The number of carbonyl (C=O) groups is 3. The zero-order chi connectivity index (χ0) is 31.8. The second kappa shape index (κ2) is 12.2. The summed E-state index contributed by atoms with van der Waals surface area (Å²) >= 11 is 0. The lowest BCUT2D eigenvalue weighted by molar-refractivity contribution is -0.145. The number of carbonyl (C=O) groups excluding carboxylic acids is 3. The van der Waals surface area contributed by atoms with Gasteiger partial charge in [0, 0.05) is 17.8 Å². The molecule has 0 radical (unpaired) electrons. The maximum absolute atomic E-state index is 14.3. The van der Waals surface area contributed by atoms with Crippen LogP contribution in [-0.2, 0) is 20.7 Å². The van der Waals surface area contributed by atoms with E-state index in [1.165, 1.54) is 30.5 Å². The molecule has 0 unspecified atom stereocenters. The van der Waals surface area contributed by atoms with Crippen molar-refractivity contribution >= 4 is 17.8 Å². The number of allylic oxidation sites excluding steroid dienone is 2. The van der Waals surface area contributed by atoms with Crippen LogP contribution < -0.4 is 16.5 Å².